The van der Waals surface area contributed by atoms with Crippen molar-refractivity contribution in [2.24, 2.45) is 0 Å². The van der Waals surface area contributed by atoms with Crippen LogP contribution in [0.5, 0.6) is 0 Å². The Labute approximate surface area is 167 Å². The number of nitrogens with zero attached hydrogens (tertiary/aromatic N) is 3. The van der Waals surface area contributed by atoms with Crippen LogP contribution in [0.4, 0.5) is 22.0 Å². The smallest absolute Gasteiger partial charge is 0.321 e. The molecule has 2 aromatic carbocycles. The van der Waals surface area contributed by atoms with Gasteiger partial charge < -0.3 is 5.32 Å². The third kappa shape index (κ3) is 3.68. The zero-order valence-electron chi connectivity index (χ0n) is 14.9. The van der Waals surface area contributed by atoms with Gasteiger partial charge in [0.25, 0.3) is 5.91 Å². The number of urea groups is 1. The zero-order valence-corrected chi connectivity index (χ0v) is 15.6. The SMILES string of the molecule is O=C(Nc1ccc(N2CCN(c3ccccc3)C2=O)nc1)c1cccc(Cl)c1. The van der Waals surface area contributed by atoms with Gasteiger partial charge >= 0.3 is 6.03 Å². The molecule has 4 rings (SSSR count). The first kappa shape index (κ1) is 18.0. The summed E-state index contributed by atoms with van der Waals surface area (Å²) < 4.78 is 0. The Kier molecular flexibility index (Phi) is 4.95. The minimum Gasteiger partial charge on any atom is -0.321 e. The molecule has 1 saturated heterocycles. The quantitative estimate of drug-likeness (QED) is 0.714. The summed E-state index contributed by atoms with van der Waals surface area (Å²) in [7, 11) is 0. The number of amides is 3. The number of carbonyl (C=O) groups is 2. The predicted octanol–water partition coefficient (Wildman–Crippen LogP) is 4.43. The zero-order chi connectivity index (χ0) is 19.5. The highest BCUT2D eigenvalue weighted by molar-refractivity contribution is 6.31. The number of para-hydroxylation sites is 1. The minimum absolute atomic E-state index is 0.116. The molecule has 0 atom stereocenters. The van der Waals surface area contributed by atoms with Gasteiger partial charge in [-0.1, -0.05) is 35.9 Å². The van der Waals surface area contributed by atoms with E-state index in [0.717, 1.165) is 5.69 Å². The van der Waals surface area contributed by atoms with Crippen LogP contribution in [0.25, 0.3) is 0 Å². The Morgan fingerprint density at radius 3 is 2.46 bits per heavy atom. The molecule has 1 aliphatic rings. The van der Waals surface area contributed by atoms with Crippen molar-refractivity contribution in [3.63, 3.8) is 0 Å². The summed E-state index contributed by atoms with van der Waals surface area (Å²) in [6.07, 6.45) is 1.54. The lowest BCUT2D eigenvalue weighted by Gasteiger charge is -2.18. The number of benzene rings is 2. The van der Waals surface area contributed by atoms with E-state index >= 15 is 0 Å². The van der Waals surface area contributed by atoms with Crippen LogP contribution in [0.3, 0.4) is 0 Å². The van der Waals surface area contributed by atoms with Gasteiger partial charge in [0, 0.05) is 29.4 Å². The van der Waals surface area contributed by atoms with Crippen molar-refractivity contribution in [3.05, 3.63) is 83.5 Å². The second-order valence-corrected chi connectivity index (χ2v) is 6.73. The Bertz CT molecular complexity index is 1010. The van der Waals surface area contributed by atoms with E-state index in [1.807, 2.05) is 30.3 Å². The standard InChI is InChI=1S/C21H17ClN4O2/c22-16-6-4-5-15(13-16)20(27)24-17-9-10-19(23-14-17)26-12-11-25(21(26)28)18-7-2-1-3-8-18/h1-10,13-14H,11-12H2,(H,24,27). The molecule has 1 aromatic heterocycles. The van der Waals surface area contributed by atoms with Gasteiger partial charge in [0.15, 0.2) is 0 Å². The second-order valence-electron chi connectivity index (χ2n) is 6.29. The number of aromatic nitrogens is 1. The maximum absolute atomic E-state index is 12.7. The molecule has 2 heterocycles. The molecule has 6 nitrogen and oxygen atoms in total. The number of carbonyl (C=O) groups excluding carboxylic acids is 2. The fraction of sp³-hybridized carbons (Fsp3) is 0.0952. The van der Waals surface area contributed by atoms with Crippen LogP contribution in [0.2, 0.25) is 5.02 Å². The van der Waals surface area contributed by atoms with Crippen LogP contribution in [-0.4, -0.2) is 30.0 Å². The Morgan fingerprint density at radius 2 is 1.75 bits per heavy atom. The van der Waals surface area contributed by atoms with Crippen molar-refractivity contribution < 1.29 is 9.59 Å². The number of hydrogen-bond donors (Lipinski definition) is 1. The summed E-state index contributed by atoms with van der Waals surface area (Å²) in [5, 5.41) is 3.27. The monoisotopic (exact) mass is 392 g/mol. The van der Waals surface area contributed by atoms with Crippen LogP contribution in [0.1, 0.15) is 10.4 Å². The van der Waals surface area contributed by atoms with Crippen LogP contribution >= 0.6 is 11.6 Å². The normalized spacial score (nSPS) is 13.7. The van der Waals surface area contributed by atoms with Crippen molar-refractivity contribution in [1.82, 2.24) is 4.98 Å². The van der Waals surface area contributed by atoms with E-state index in [2.05, 4.69) is 10.3 Å². The molecular weight excluding hydrogens is 376 g/mol. The van der Waals surface area contributed by atoms with Crippen LogP contribution in [0.15, 0.2) is 72.9 Å². The topological polar surface area (TPSA) is 65.5 Å². The van der Waals surface area contributed by atoms with Crippen LogP contribution < -0.4 is 15.1 Å². The van der Waals surface area contributed by atoms with Crippen molar-refractivity contribution in [2.75, 3.05) is 28.2 Å². The average molecular weight is 393 g/mol. The fourth-order valence-electron chi connectivity index (χ4n) is 3.05. The number of halogens is 1. The molecule has 0 aliphatic carbocycles. The highest BCUT2D eigenvalue weighted by atomic mass is 35.5. The Morgan fingerprint density at radius 1 is 0.964 bits per heavy atom. The molecule has 0 radical (unpaired) electrons. The molecule has 140 valence electrons. The average Bonchev–Trinajstić information content (AvgIpc) is 3.10. The van der Waals surface area contributed by atoms with Crippen LogP contribution in [-0.2, 0) is 0 Å². The number of rotatable bonds is 4. The largest absolute Gasteiger partial charge is 0.330 e. The van der Waals surface area contributed by atoms with Gasteiger partial charge in [-0.15, -0.1) is 0 Å². The summed E-state index contributed by atoms with van der Waals surface area (Å²) in [4.78, 5) is 32.7. The highest BCUT2D eigenvalue weighted by Crippen LogP contribution is 2.24. The van der Waals surface area contributed by atoms with E-state index in [4.69, 9.17) is 11.6 Å². The molecule has 28 heavy (non-hydrogen) atoms. The highest BCUT2D eigenvalue weighted by Gasteiger charge is 2.31. The van der Waals surface area contributed by atoms with Gasteiger partial charge in [-0.25, -0.2) is 9.78 Å². The molecule has 0 spiro atoms. The van der Waals surface area contributed by atoms with Crippen LogP contribution in [0, 0.1) is 0 Å². The van der Waals surface area contributed by atoms with Crippen molar-refractivity contribution in [3.8, 4) is 0 Å². The van der Waals surface area contributed by atoms with E-state index < -0.39 is 0 Å². The summed E-state index contributed by atoms with van der Waals surface area (Å²) in [5.74, 6) is 0.272. The van der Waals surface area contributed by atoms with Crippen molar-refractivity contribution >= 4 is 40.7 Å². The van der Waals surface area contributed by atoms with Gasteiger partial charge in [-0.3, -0.25) is 14.6 Å². The maximum Gasteiger partial charge on any atom is 0.330 e. The fourth-order valence-corrected chi connectivity index (χ4v) is 3.24. The predicted molar refractivity (Wildman–Crippen MR) is 110 cm³/mol. The summed E-state index contributed by atoms with van der Waals surface area (Å²) in [5.41, 5.74) is 1.87. The minimum atomic E-state index is -0.274. The number of hydrogen-bond acceptors (Lipinski definition) is 3. The Balaban J connectivity index is 1.45. The van der Waals surface area contributed by atoms with Gasteiger partial charge in [0.05, 0.1) is 11.9 Å². The molecule has 0 bridgehead atoms. The summed E-state index contributed by atoms with van der Waals surface area (Å²) in [6.45, 7) is 1.15. The molecule has 3 aromatic rings. The molecule has 1 fully saturated rings. The van der Waals surface area contributed by atoms with Crippen molar-refractivity contribution in [2.45, 2.75) is 0 Å². The number of nitrogens with one attached hydrogen (secondary N) is 1. The Hall–Kier alpha value is -3.38. The van der Waals surface area contributed by atoms with E-state index in [1.165, 1.54) is 6.20 Å². The third-order valence-corrected chi connectivity index (χ3v) is 4.68. The van der Waals surface area contributed by atoms with Gasteiger partial charge in [0.1, 0.15) is 5.82 Å². The molecule has 0 unspecified atom stereocenters. The maximum atomic E-state index is 12.7. The third-order valence-electron chi connectivity index (χ3n) is 4.45. The van der Waals surface area contributed by atoms with Gasteiger partial charge in [-0.05, 0) is 42.5 Å². The number of anilines is 3. The lowest BCUT2D eigenvalue weighted by Crippen LogP contribution is -2.32. The van der Waals surface area contributed by atoms with E-state index in [9.17, 15) is 9.59 Å². The first-order valence-electron chi connectivity index (χ1n) is 8.79. The first-order chi connectivity index (χ1) is 13.6. The molecule has 1 N–H and O–H groups in total. The molecule has 1 aliphatic heterocycles. The number of pyridine rings is 1. The summed E-state index contributed by atoms with van der Waals surface area (Å²) in [6, 6.07) is 19.6. The van der Waals surface area contributed by atoms with Gasteiger partial charge in [0.2, 0.25) is 0 Å². The lowest BCUT2D eigenvalue weighted by atomic mass is 10.2. The lowest BCUT2D eigenvalue weighted by molar-refractivity contribution is 0.102. The second kappa shape index (κ2) is 7.70. The van der Waals surface area contributed by atoms with E-state index in [1.54, 1.807) is 46.2 Å². The first-order valence-corrected chi connectivity index (χ1v) is 9.17. The van der Waals surface area contributed by atoms with E-state index in [-0.39, 0.29) is 11.9 Å². The van der Waals surface area contributed by atoms with Crippen molar-refractivity contribution in [1.29, 1.82) is 0 Å². The van der Waals surface area contributed by atoms with E-state index in [0.29, 0.717) is 35.2 Å². The summed E-state index contributed by atoms with van der Waals surface area (Å²) >= 11 is 5.92. The molecule has 7 heteroatoms. The molecule has 0 saturated carbocycles. The molecular formula is C21H17ClN4O2. The van der Waals surface area contributed by atoms with Gasteiger partial charge in [-0.2, -0.15) is 0 Å². The molecule has 3 amide bonds.